The summed E-state index contributed by atoms with van der Waals surface area (Å²) < 4.78 is 0. The molecule has 4 aromatic rings. The summed E-state index contributed by atoms with van der Waals surface area (Å²) >= 11 is 0. The summed E-state index contributed by atoms with van der Waals surface area (Å²) in [4.78, 5) is 24.7. The SMILES string of the molecule is O=C(C=Cc1ccccc1)c1ccc2cc3ccccc3cc2c1C(=O)O. The molecule has 0 unspecified atom stereocenters. The van der Waals surface area contributed by atoms with Gasteiger partial charge in [-0.25, -0.2) is 4.79 Å². The van der Waals surface area contributed by atoms with E-state index in [9.17, 15) is 14.7 Å². The number of benzene rings is 4. The third-order valence-corrected chi connectivity index (χ3v) is 4.59. The molecule has 0 aromatic heterocycles. The van der Waals surface area contributed by atoms with Crippen LogP contribution in [0.25, 0.3) is 27.6 Å². The van der Waals surface area contributed by atoms with Crippen molar-refractivity contribution in [3.63, 3.8) is 0 Å². The van der Waals surface area contributed by atoms with Crippen LogP contribution in [0.1, 0.15) is 26.3 Å². The second-order valence-corrected chi connectivity index (χ2v) is 6.32. The molecule has 0 heterocycles. The fourth-order valence-corrected chi connectivity index (χ4v) is 3.28. The minimum absolute atomic E-state index is 0.0426. The zero-order chi connectivity index (χ0) is 18.8. The predicted molar refractivity (Wildman–Crippen MR) is 108 cm³/mol. The number of ketones is 1. The molecule has 0 atom stereocenters. The van der Waals surface area contributed by atoms with Crippen molar-refractivity contribution in [1.29, 1.82) is 0 Å². The third-order valence-electron chi connectivity index (χ3n) is 4.59. The number of aromatic carboxylic acids is 1. The highest BCUT2D eigenvalue weighted by Gasteiger charge is 2.18. The van der Waals surface area contributed by atoms with E-state index in [1.54, 1.807) is 18.2 Å². The van der Waals surface area contributed by atoms with Crippen molar-refractivity contribution in [2.75, 3.05) is 0 Å². The van der Waals surface area contributed by atoms with Crippen LogP contribution in [-0.2, 0) is 0 Å². The lowest BCUT2D eigenvalue weighted by molar-refractivity contribution is 0.0695. The highest BCUT2D eigenvalue weighted by atomic mass is 16.4. The van der Waals surface area contributed by atoms with Gasteiger partial charge in [0.05, 0.1) is 5.56 Å². The third kappa shape index (κ3) is 3.23. The summed E-state index contributed by atoms with van der Waals surface area (Å²) in [6.07, 6.45) is 3.11. The van der Waals surface area contributed by atoms with Gasteiger partial charge in [-0.3, -0.25) is 4.79 Å². The predicted octanol–water partition coefficient (Wildman–Crippen LogP) is 5.59. The van der Waals surface area contributed by atoms with Gasteiger partial charge in [-0.2, -0.15) is 0 Å². The highest BCUT2D eigenvalue weighted by Crippen LogP contribution is 2.28. The van der Waals surface area contributed by atoms with Gasteiger partial charge in [-0.05, 0) is 51.4 Å². The molecule has 0 aliphatic carbocycles. The van der Waals surface area contributed by atoms with Crippen LogP contribution in [-0.4, -0.2) is 16.9 Å². The fraction of sp³-hybridized carbons (Fsp3) is 0. The monoisotopic (exact) mass is 352 g/mol. The van der Waals surface area contributed by atoms with E-state index < -0.39 is 5.97 Å². The quantitative estimate of drug-likeness (QED) is 0.296. The lowest BCUT2D eigenvalue weighted by Crippen LogP contribution is -2.08. The standard InChI is InChI=1S/C24H16O3/c25-22(13-10-16-6-2-1-3-7-16)20-12-11-19-14-17-8-4-5-9-18(17)15-21(19)23(20)24(26)27/h1-15H,(H,26,27). The number of rotatable bonds is 4. The van der Waals surface area contributed by atoms with Crippen LogP contribution < -0.4 is 0 Å². The Bertz CT molecular complexity index is 1200. The van der Waals surface area contributed by atoms with E-state index in [0.29, 0.717) is 5.39 Å². The molecule has 0 spiro atoms. The molecule has 0 saturated heterocycles. The Balaban J connectivity index is 1.86. The van der Waals surface area contributed by atoms with Crippen LogP contribution >= 0.6 is 0 Å². The molecular formula is C24H16O3. The molecule has 130 valence electrons. The van der Waals surface area contributed by atoms with Crippen molar-refractivity contribution >= 4 is 39.4 Å². The largest absolute Gasteiger partial charge is 0.478 e. The van der Waals surface area contributed by atoms with Crippen LogP contribution in [0.4, 0.5) is 0 Å². The Morgan fingerprint density at radius 1 is 0.741 bits per heavy atom. The Labute approximate surface area is 156 Å². The summed E-state index contributed by atoms with van der Waals surface area (Å²) in [6.45, 7) is 0. The van der Waals surface area contributed by atoms with Crippen molar-refractivity contribution < 1.29 is 14.7 Å². The molecule has 0 aliphatic heterocycles. The number of carbonyl (C=O) groups is 2. The first-order valence-corrected chi connectivity index (χ1v) is 8.60. The first kappa shape index (κ1) is 16.7. The van der Waals surface area contributed by atoms with E-state index in [-0.39, 0.29) is 16.9 Å². The summed E-state index contributed by atoms with van der Waals surface area (Å²) in [6, 6.07) is 24.4. The molecule has 0 aliphatic rings. The number of hydrogen-bond donors (Lipinski definition) is 1. The van der Waals surface area contributed by atoms with Gasteiger partial charge in [0, 0.05) is 5.56 Å². The Kier molecular flexibility index (Phi) is 4.27. The lowest BCUT2D eigenvalue weighted by atomic mass is 9.94. The highest BCUT2D eigenvalue weighted by molar-refractivity contribution is 6.19. The zero-order valence-electron chi connectivity index (χ0n) is 14.4. The summed E-state index contributed by atoms with van der Waals surface area (Å²) in [5, 5.41) is 13.1. The molecule has 3 heteroatoms. The molecule has 27 heavy (non-hydrogen) atoms. The Morgan fingerprint density at radius 2 is 1.41 bits per heavy atom. The van der Waals surface area contributed by atoms with Gasteiger partial charge in [0.1, 0.15) is 0 Å². The number of carbonyl (C=O) groups excluding carboxylic acids is 1. The molecule has 0 radical (unpaired) electrons. The summed E-state index contributed by atoms with van der Waals surface area (Å²) in [5.74, 6) is -1.43. The molecule has 0 bridgehead atoms. The minimum Gasteiger partial charge on any atom is -0.478 e. The number of allylic oxidation sites excluding steroid dienone is 1. The van der Waals surface area contributed by atoms with Crippen LogP contribution in [0.3, 0.4) is 0 Å². The molecule has 4 rings (SSSR count). The average molecular weight is 352 g/mol. The maximum Gasteiger partial charge on any atom is 0.337 e. The molecule has 3 nitrogen and oxygen atoms in total. The van der Waals surface area contributed by atoms with E-state index in [0.717, 1.165) is 21.7 Å². The topological polar surface area (TPSA) is 54.4 Å². The van der Waals surface area contributed by atoms with Crippen molar-refractivity contribution in [3.8, 4) is 0 Å². The van der Waals surface area contributed by atoms with Crippen LogP contribution in [0.2, 0.25) is 0 Å². The lowest BCUT2D eigenvalue weighted by Gasteiger charge is -2.09. The second kappa shape index (κ2) is 6.89. The molecule has 0 fully saturated rings. The maximum absolute atomic E-state index is 12.7. The maximum atomic E-state index is 12.7. The van der Waals surface area contributed by atoms with Crippen LogP contribution in [0.5, 0.6) is 0 Å². The van der Waals surface area contributed by atoms with Gasteiger partial charge in [-0.1, -0.05) is 66.7 Å². The van der Waals surface area contributed by atoms with Gasteiger partial charge < -0.3 is 5.11 Å². The van der Waals surface area contributed by atoms with Gasteiger partial charge in [0.25, 0.3) is 0 Å². The van der Waals surface area contributed by atoms with E-state index >= 15 is 0 Å². The van der Waals surface area contributed by atoms with Crippen molar-refractivity contribution in [1.82, 2.24) is 0 Å². The van der Waals surface area contributed by atoms with Crippen LogP contribution in [0.15, 0.2) is 84.9 Å². The van der Waals surface area contributed by atoms with Crippen molar-refractivity contribution in [2.45, 2.75) is 0 Å². The fourth-order valence-electron chi connectivity index (χ4n) is 3.28. The minimum atomic E-state index is -1.10. The van der Waals surface area contributed by atoms with Gasteiger partial charge in [0.15, 0.2) is 5.78 Å². The summed E-state index contributed by atoms with van der Waals surface area (Å²) in [7, 11) is 0. The van der Waals surface area contributed by atoms with Gasteiger partial charge >= 0.3 is 5.97 Å². The second-order valence-electron chi connectivity index (χ2n) is 6.32. The van der Waals surface area contributed by atoms with E-state index in [4.69, 9.17) is 0 Å². The van der Waals surface area contributed by atoms with E-state index in [1.807, 2.05) is 66.7 Å². The Hall–Kier alpha value is -3.72. The van der Waals surface area contributed by atoms with E-state index in [2.05, 4.69) is 0 Å². The van der Waals surface area contributed by atoms with Gasteiger partial charge in [0.2, 0.25) is 0 Å². The molecule has 0 amide bonds. The molecule has 4 aromatic carbocycles. The first-order chi connectivity index (χ1) is 13.1. The first-order valence-electron chi connectivity index (χ1n) is 8.60. The van der Waals surface area contributed by atoms with Crippen molar-refractivity contribution in [2.24, 2.45) is 0 Å². The average Bonchev–Trinajstić information content (AvgIpc) is 2.70. The normalized spacial score (nSPS) is 11.3. The number of carboxylic acid groups (broad SMARTS) is 1. The summed E-state index contributed by atoms with van der Waals surface area (Å²) in [5.41, 5.74) is 1.12. The zero-order valence-corrected chi connectivity index (χ0v) is 14.4. The molecular weight excluding hydrogens is 336 g/mol. The molecule has 0 saturated carbocycles. The Morgan fingerprint density at radius 3 is 2.11 bits per heavy atom. The van der Waals surface area contributed by atoms with Gasteiger partial charge in [-0.15, -0.1) is 0 Å². The number of carboxylic acids is 1. The number of hydrogen-bond acceptors (Lipinski definition) is 2. The van der Waals surface area contributed by atoms with Crippen molar-refractivity contribution in [3.05, 3.63) is 102 Å². The van der Waals surface area contributed by atoms with E-state index in [1.165, 1.54) is 6.08 Å². The smallest absolute Gasteiger partial charge is 0.337 e. The van der Waals surface area contributed by atoms with Crippen LogP contribution in [0, 0.1) is 0 Å². The molecule has 1 N–H and O–H groups in total. The number of fused-ring (bicyclic) bond motifs is 2.